The maximum absolute atomic E-state index is 8.98. The zero-order chi connectivity index (χ0) is 11.3. The minimum absolute atomic E-state index is 0.160. The number of benzene rings is 1. The van der Waals surface area contributed by atoms with Crippen LogP contribution in [-0.4, -0.2) is 24.5 Å². The quantitative estimate of drug-likeness (QED) is 0.657. The Labute approximate surface area is 98.3 Å². The van der Waals surface area contributed by atoms with Crippen LogP contribution in [0.25, 0.3) is 0 Å². The Balaban J connectivity index is 2.84. The summed E-state index contributed by atoms with van der Waals surface area (Å²) in [7, 11) is 1.43. The molecule has 1 N–H and O–H groups in total. The van der Waals surface area contributed by atoms with Crippen LogP contribution in [0.3, 0.4) is 0 Å². The number of hydrogen-bond acceptors (Lipinski definition) is 3. The maximum atomic E-state index is 8.98. The fourth-order valence-corrected chi connectivity index (χ4v) is 1.61. The van der Waals surface area contributed by atoms with E-state index in [1.807, 2.05) is 0 Å². The van der Waals surface area contributed by atoms with E-state index in [-0.39, 0.29) is 6.61 Å². The lowest BCUT2D eigenvalue weighted by Crippen LogP contribution is -2.09. The highest BCUT2D eigenvalue weighted by Gasteiger charge is 2.05. The number of nitrogens with zero attached hydrogens (tertiary/aromatic N) is 1. The number of aliphatic hydroxyl groups is 1. The molecule has 0 saturated heterocycles. The summed E-state index contributed by atoms with van der Waals surface area (Å²) in [4.78, 5) is 4.59. The van der Waals surface area contributed by atoms with Crippen LogP contribution in [0.4, 0.5) is 0 Å². The van der Waals surface area contributed by atoms with Crippen LogP contribution in [0.1, 0.15) is 5.56 Å². The zero-order valence-corrected chi connectivity index (χ0v) is 9.72. The first kappa shape index (κ1) is 12.3. The van der Waals surface area contributed by atoms with E-state index in [1.54, 1.807) is 18.2 Å². The molecule has 0 heterocycles. The molecule has 1 aromatic carbocycles. The van der Waals surface area contributed by atoms with Crippen molar-refractivity contribution in [3.8, 4) is 0 Å². The van der Waals surface area contributed by atoms with Crippen molar-refractivity contribution >= 4 is 28.9 Å². The fourth-order valence-electron chi connectivity index (χ4n) is 1.13. The molecule has 15 heavy (non-hydrogen) atoms. The number of halogens is 2. The van der Waals surface area contributed by atoms with Gasteiger partial charge in [-0.1, -0.05) is 34.4 Å². The van der Waals surface area contributed by atoms with Gasteiger partial charge in [0.2, 0.25) is 0 Å². The van der Waals surface area contributed by atoms with E-state index in [0.717, 1.165) is 5.56 Å². The largest absolute Gasteiger partial charge is 0.399 e. The Hall–Kier alpha value is -0.770. The van der Waals surface area contributed by atoms with Crippen molar-refractivity contribution in [3.05, 3.63) is 33.8 Å². The molecule has 0 aliphatic carbocycles. The van der Waals surface area contributed by atoms with Gasteiger partial charge in [-0.3, -0.25) is 0 Å². The minimum Gasteiger partial charge on any atom is -0.399 e. The summed E-state index contributed by atoms with van der Waals surface area (Å²) in [6.07, 6.45) is 0.445. The lowest BCUT2D eigenvalue weighted by atomic mass is 10.1. The van der Waals surface area contributed by atoms with Crippen LogP contribution in [0.5, 0.6) is 0 Å². The van der Waals surface area contributed by atoms with E-state index >= 15 is 0 Å². The number of oxime groups is 1. The van der Waals surface area contributed by atoms with Gasteiger partial charge < -0.3 is 9.94 Å². The predicted octanol–water partition coefficient (Wildman–Crippen LogP) is 2.53. The van der Waals surface area contributed by atoms with Gasteiger partial charge in [-0.25, -0.2) is 0 Å². The highest BCUT2D eigenvalue weighted by molar-refractivity contribution is 6.35. The van der Waals surface area contributed by atoms with Crippen molar-refractivity contribution in [1.29, 1.82) is 0 Å². The van der Waals surface area contributed by atoms with Crippen molar-refractivity contribution < 1.29 is 9.94 Å². The number of rotatable bonds is 4. The summed E-state index contributed by atoms with van der Waals surface area (Å²) in [5.74, 6) is 0. The lowest BCUT2D eigenvalue weighted by Gasteiger charge is -2.05. The topological polar surface area (TPSA) is 41.8 Å². The van der Waals surface area contributed by atoms with Crippen molar-refractivity contribution in [3.63, 3.8) is 0 Å². The molecule has 0 atom stereocenters. The monoisotopic (exact) mass is 247 g/mol. The van der Waals surface area contributed by atoms with Crippen LogP contribution in [-0.2, 0) is 11.3 Å². The van der Waals surface area contributed by atoms with Gasteiger partial charge >= 0.3 is 0 Å². The van der Waals surface area contributed by atoms with Crippen molar-refractivity contribution in [2.24, 2.45) is 5.16 Å². The maximum Gasteiger partial charge on any atom is 0.106 e. The first-order chi connectivity index (χ1) is 7.17. The van der Waals surface area contributed by atoms with Crippen LogP contribution in [0.15, 0.2) is 23.4 Å². The Bertz CT molecular complexity index is 366. The lowest BCUT2D eigenvalue weighted by molar-refractivity contribution is 0.208. The van der Waals surface area contributed by atoms with E-state index in [1.165, 1.54) is 7.11 Å². The summed E-state index contributed by atoms with van der Waals surface area (Å²) < 4.78 is 0. The van der Waals surface area contributed by atoms with Crippen LogP contribution < -0.4 is 0 Å². The molecule has 5 heteroatoms. The third-order valence-corrected chi connectivity index (χ3v) is 2.40. The Morgan fingerprint density at radius 1 is 1.47 bits per heavy atom. The smallest absolute Gasteiger partial charge is 0.106 e. The highest BCUT2D eigenvalue weighted by Crippen LogP contribution is 2.21. The standard InChI is InChI=1S/C10H11Cl2NO2/c1-15-13-9(6-14)4-7-2-3-8(11)5-10(7)12/h2-3,5,14H,4,6H2,1H3/b13-9-. The van der Waals surface area contributed by atoms with Gasteiger partial charge in [0, 0.05) is 16.5 Å². The summed E-state index contributed by atoms with van der Waals surface area (Å²) >= 11 is 11.7. The van der Waals surface area contributed by atoms with Crippen LogP contribution in [0.2, 0.25) is 10.0 Å². The average molecular weight is 248 g/mol. The van der Waals surface area contributed by atoms with Gasteiger partial charge in [-0.15, -0.1) is 0 Å². The molecule has 0 aromatic heterocycles. The van der Waals surface area contributed by atoms with E-state index in [2.05, 4.69) is 9.99 Å². The molecule has 0 bridgehead atoms. The SMILES string of the molecule is CO/N=C(\CO)Cc1ccc(Cl)cc1Cl. The summed E-state index contributed by atoms with van der Waals surface area (Å²) in [5, 5.41) is 13.8. The summed E-state index contributed by atoms with van der Waals surface area (Å²) in [5.41, 5.74) is 1.37. The third kappa shape index (κ3) is 3.70. The molecule has 82 valence electrons. The normalized spacial score (nSPS) is 11.6. The molecule has 0 saturated carbocycles. The van der Waals surface area contributed by atoms with Gasteiger partial charge in [0.25, 0.3) is 0 Å². The molecule has 0 spiro atoms. The Kier molecular flexibility index (Phi) is 4.88. The molecular weight excluding hydrogens is 237 g/mol. The van der Waals surface area contributed by atoms with Crippen molar-refractivity contribution in [1.82, 2.24) is 0 Å². The van der Waals surface area contributed by atoms with E-state index in [9.17, 15) is 0 Å². The molecule has 1 aromatic rings. The van der Waals surface area contributed by atoms with Gasteiger partial charge in [-0.2, -0.15) is 0 Å². The Morgan fingerprint density at radius 3 is 2.73 bits per heavy atom. The summed E-state index contributed by atoms with van der Waals surface area (Å²) in [6.45, 7) is -0.160. The number of aliphatic hydroxyl groups excluding tert-OH is 1. The van der Waals surface area contributed by atoms with Crippen molar-refractivity contribution in [2.75, 3.05) is 13.7 Å². The second-order valence-electron chi connectivity index (χ2n) is 2.91. The van der Waals surface area contributed by atoms with E-state index < -0.39 is 0 Å². The van der Waals surface area contributed by atoms with Crippen LogP contribution in [0, 0.1) is 0 Å². The van der Waals surface area contributed by atoms with Gasteiger partial charge in [-0.05, 0) is 17.7 Å². The van der Waals surface area contributed by atoms with Crippen LogP contribution >= 0.6 is 23.2 Å². The molecule has 0 radical (unpaired) electrons. The molecule has 0 fully saturated rings. The average Bonchev–Trinajstić information content (AvgIpc) is 2.21. The number of hydrogen-bond donors (Lipinski definition) is 1. The predicted molar refractivity (Wildman–Crippen MR) is 61.7 cm³/mol. The highest BCUT2D eigenvalue weighted by atomic mass is 35.5. The molecule has 0 amide bonds. The first-order valence-corrected chi connectivity index (χ1v) is 5.06. The minimum atomic E-state index is -0.160. The Morgan fingerprint density at radius 2 is 2.20 bits per heavy atom. The molecule has 0 unspecified atom stereocenters. The third-order valence-electron chi connectivity index (χ3n) is 1.81. The van der Waals surface area contributed by atoms with Gasteiger partial charge in [0.15, 0.2) is 0 Å². The second-order valence-corrected chi connectivity index (χ2v) is 3.75. The first-order valence-electron chi connectivity index (χ1n) is 4.31. The molecule has 0 aliphatic rings. The molecule has 0 aliphatic heterocycles. The van der Waals surface area contributed by atoms with Gasteiger partial charge in [0.1, 0.15) is 7.11 Å². The zero-order valence-electron chi connectivity index (χ0n) is 8.20. The fraction of sp³-hybridized carbons (Fsp3) is 0.300. The van der Waals surface area contributed by atoms with Crippen molar-refractivity contribution in [2.45, 2.75) is 6.42 Å². The van der Waals surface area contributed by atoms with E-state index in [4.69, 9.17) is 28.3 Å². The molecule has 1 rings (SSSR count). The molecular formula is C10H11Cl2NO2. The summed E-state index contributed by atoms with van der Waals surface area (Å²) in [6, 6.07) is 5.19. The molecule has 3 nitrogen and oxygen atoms in total. The van der Waals surface area contributed by atoms with Gasteiger partial charge in [0.05, 0.1) is 12.3 Å². The van der Waals surface area contributed by atoms with E-state index in [0.29, 0.717) is 22.2 Å². The second kappa shape index (κ2) is 5.95.